The number of carboxylic acids is 1. The van der Waals surface area contributed by atoms with Gasteiger partial charge in [0, 0.05) is 61.2 Å². The molecule has 0 saturated heterocycles. The monoisotopic (exact) mass is 439 g/mol. The van der Waals surface area contributed by atoms with E-state index in [1.807, 2.05) is 12.4 Å². The maximum absolute atomic E-state index is 10.6. The van der Waals surface area contributed by atoms with E-state index >= 15 is 0 Å². The third-order valence-corrected chi connectivity index (χ3v) is 5.38. The number of nitrogens with zero attached hydrogens (tertiary/aromatic N) is 5. The summed E-state index contributed by atoms with van der Waals surface area (Å²) in [5, 5.41) is 11.4. The highest BCUT2D eigenvalue weighted by Crippen LogP contribution is 2.27. The van der Waals surface area contributed by atoms with Gasteiger partial charge in [-0.3, -0.25) is 4.90 Å². The lowest BCUT2D eigenvalue weighted by Gasteiger charge is -2.19. The van der Waals surface area contributed by atoms with Gasteiger partial charge in [-0.05, 0) is 17.9 Å². The minimum Gasteiger partial charge on any atom is -0.475 e. The molecule has 3 aromatic heterocycles. The summed E-state index contributed by atoms with van der Waals surface area (Å²) in [6.45, 7) is 2.92. The van der Waals surface area contributed by atoms with Gasteiger partial charge in [0.1, 0.15) is 12.2 Å². The number of carboxylic acid groups (broad SMARTS) is 1. The molecular formula is C19H20F3N5O2S. The number of halogens is 3. The molecule has 1 N–H and O–H groups in total. The molecule has 0 bridgehead atoms. The molecule has 30 heavy (non-hydrogen) atoms. The maximum Gasteiger partial charge on any atom is 0.490 e. The van der Waals surface area contributed by atoms with Crippen LogP contribution in [0.1, 0.15) is 17.1 Å². The Morgan fingerprint density at radius 2 is 1.97 bits per heavy atom. The van der Waals surface area contributed by atoms with Crippen LogP contribution in [0.15, 0.2) is 35.5 Å². The van der Waals surface area contributed by atoms with E-state index in [0.717, 1.165) is 44.0 Å². The van der Waals surface area contributed by atoms with Crippen LogP contribution in [0.2, 0.25) is 0 Å². The standard InChI is InChI=1S/C17H19N5S.C2HF3O2/c1-21-8-5-18-16(21)10-22-6-2-14-15(3-7-22)19-12-20-17(14)13-4-9-23-11-13;3-2(4,5)1(6)7/h4-5,8-9,11-12H,2-3,6-7,10H2,1H3;(H,6,7). The predicted octanol–water partition coefficient (Wildman–Crippen LogP) is 3.17. The first kappa shape index (κ1) is 21.9. The molecule has 0 spiro atoms. The van der Waals surface area contributed by atoms with Crippen LogP contribution in [-0.2, 0) is 31.2 Å². The summed E-state index contributed by atoms with van der Waals surface area (Å²) in [6.07, 6.45) is 2.45. The number of rotatable bonds is 3. The summed E-state index contributed by atoms with van der Waals surface area (Å²) in [7, 11) is 2.05. The first-order valence-corrected chi connectivity index (χ1v) is 10.0. The van der Waals surface area contributed by atoms with Crippen molar-refractivity contribution in [2.45, 2.75) is 25.6 Å². The highest BCUT2D eigenvalue weighted by atomic mass is 32.1. The third kappa shape index (κ3) is 5.42. The van der Waals surface area contributed by atoms with Crippen molar-refractivity contribution in [2.75, 3.05) is 13.1 Å². The molecule has 0 fully saturated rings. The first-order valence-electron chi connectivity index (χ1n) is 9.09. The van der Waals surface area contributed by atoms with Crippen molar-refractivity contribution in [3.8, 4) is 11.3 Å². The molecule has 4 rings (SSSR count). The molecule has 4 heterocycles. The second-order valence-electron chi connectivity index (χ2n) is 6.69. The van der Waals surface area contributed by atoms with Gasteiger partial charge >= 0.3 is 12.1 Å². The Balaban J connectivity index is 0.000000318. The van der Waals surface area contributed by atoms with Gasteiger partial charge in [0.05, 0.1) is 12.2 Å². The van der Waals surface area contributed by atoms with Crippen molar-refractivity contribution in [1.29, 1.82) is 0 Å². The first-order chi connectivity index (χ1) is 14.3. The van der Waals surface area contributed by atoms with E-state index in [9.17, 15) is 13.2 Å². The van der Waals surface area contributed by atoms with Gasteiger partial charge in [-0.2, -0.15) is 24.5 Å². The lowest BCUT2D eigenvalue weighted by molar-refractivity contribution is -0.192. The summed E-state index contributed by atoms with van der Waals surface area (Å²) >= 11 is 1.71. The number of hydrogen-bond acceptors (Lipinski definition) is 6. The number of aryl methyl sites for hydroxylation is 1. The molecule has 3 aromatic rings. The van der Waals surface area contributed by atoms with Gasteiger partial charge in [-0.1, -0.05) is 0 Å². The fraction of sp³-hybridized carbons (Fsp3) is 0.368. The number of carbonyl (C=O) groups is 1. The lowest BCUT2D eigenvalue weighted by atomic mass is 10.0. The van der Waals surface area contributed by atoms with E-state index in [-0.39, 0.29) is 0 Å². The largest absolute Gasteiger partial charge is 0.490 e. The molecule has 0 saturated carbocycles. The number of hydrogen-bond donors (Lipinski definition) is 1. The number of aliphatic carboxylic acids is 1. The fourth-order valence-corrected chi connectivity index (χ4v) is 3.77. The molecule has 0 radical (unpaired) electrons. The summed E-state index contributed by atoms with van der Waals surface area (Å²) in [5.41, 5.74) is 4.83. The Morgan fingerprint density at radius 1 is 1.23 bits per heavy atom. The van der Waals surface area contributed by atoms with Crippen LogP contribution >= 0.6 is 11.3 Å². The number of aromatic nitrogens is 4. The highest BCUT2D eigenvalue weighted by molar-refractivity contribution is 7.08. The molecule has 1 aliphatic heterocycles. The average Bonchev–Trinajstić information content (AvgIpc) is 3.31. The van der Waals surface area contributed by atoms with E-state index in [1.165, 1.54) is 16.8 Å². The van der Waals surface area contributed by atoms with Crippen LogP contribution in [0.5, 0.6) is 0 Å². The summed E-state index contributed by atoms with van der Waals surface area (Å²) in [4.78, 5) is 24.9. The van der Waals surface area contributed by atoms with Gasteiger partial charge in [0.2, 0.25) is 0 Å². The molecule has 0 aromatic carbocycles. The number of thiophene rings is 1. The zero-order chi connectivity index (χ0) is 21.7. The topological polar surface area (TPSA) is 84.1 Å². The normalized spacial score (nSPS) is 14.4. The van der Waals surface area contributed by atoms with Crippen LogP contribution in [0.25, 0.3) is 11.3 Å². The minimum absolute atomic E-state index is 0.888. The van der Waals surface area contributed by atoms with Crippen LogP contribution in [0, 0.1) is 0 Å². The SMILES string of the molecule is Cn1ccnc1CN1CCc2ncnc(-c3ccsc3)c2CC1.O=C(O)C(F)(F)F. The molecule has 0 atom stereocenters. The second kappa shape index (κ2) is 9.35. The van der Waals surface area contributed by atoms with Crippen molar-refractivity contribution in [3.63, 3.8) is 0 Å². The zero-order valence-electron chi connectivity index (χ0n) is 16.1. The number of fused-ring (bicyclic) bond motifs is 1. The van der Waals surface area contributed by atoms with Crippen LogP contribution in [0.4, 0.5) is 13.2 Å². The summed E-state index contributed by atoms with van der Waals surface area (Å²) in [6, 6.07) is 2.14. The molecule has 11 heteroatoms. The highest BCUT2D eigenvalue weighted by Gasteiger charge is 2.38. The quantitative estimate of drug-likeness (QED) is 0.675. The van der Waals surface area contributed by atoms with Crippen molar-refractivity contribution < 1.29 is 23.1 Å². The summed E-state index contributed by atoms with van der Waals surface area (Å²) in [5.74, 6) is -1.65. The van der Waals surface area contributed by atoms with Gasteiger partial charge < -0.3 is 9.67 Å². The van der Waals surface area contributed by atoms with Crippen molar-refractivity contribution in [2.24, 2.45) is 7.05 Å². The van der Waals surface area contributed by atoms with Crippen molar-refractivity contribution >= 4 is 17.3 Å². The van der Waals surface area contributed by atoms with Gasteiger partial charge in [0.25, 0.3) is 0 Å². The predicted molar refractivity (Wildman–Crippen MR) is 105 cm³/mol. The van der Waals surface area contributed by atoms with Crippen LogP contribution in [-0.4, -0.2) is 54.8 Å². The van der Waals surface area contributed by atoms with Gasteiger partial charge in [-0.15, -0.1) is 0 Å². The lowest BCUT2D eigenvalue weighted by Crippen LogP contribution is -2.27. The van der Waals surface area contributed by atoms with E-state index in [4.69, 9.17) is 9.90 Å². The zero-order valence-corrected chi connectivity index (χ0v) is 16.9. The van der Waals surface area contributed by atoms with Crippen LogP contribution < -0.4 is 0 Å². The molecule has 7 nitrogen and oxygen atoms in total. The Labute approximate surface area is 174 Å². The van der Waals surface area contributed by atoms with E-state index in [1.54, 1.807) is 17.7 Å². The van der Waals surface area contributed by atoms with Gasteiger partial charge in [0.15, 0.2) is 0 Å². The Bertz CT molecular complexity index is 988. The molecular weight excluding hydrogens is 419 g/mol. The third-order valence-electron chi connectivity index (χ3n) is 4.70. The average molecular weight is 439 g/mol. The number of imidazole rings is 1. The smallest absolute Gasteiger partial charge is 0.475 e. The Morgan fingerprint density at radius 3 is 2.57 bits per heavy atom. The van der Waals surface area contributed by atoms with E-state index < -0.39 is 12.1 Å². The second-order valence-corrected chi connectivity index (χ2v) is 7.47. The van der Waals surface area contributed by atoms with Crippen molar-refractivity contribution in [3.05, 3.63) is 52.6 Å². The summed E-state index contributed by atoms with van der Waals surface area (Å²) < 4.78 is 33.8. The van der Waals surface area contributed by atoms with Crippen molar-refractivity contribution in [1.82, 2.24) is 24.4 Å². The van der Waals surface area contributed by atoms with Gasteiger partial charge in [-0.25, -0.2) is 19.7 Å². The molecule has 0 amide bonds. The minimum atomic E-state index is -5.08. The molecule has 0 unspecified atom stereocenters. The Kier molecular flexibility index (Phi) is 6.83. The number of alkyl halides is 3. The molecule has 0 aliphatic carbocycles. The Hall–Kier alpha value is -2.79. The molecule has 1 aliphatic rings. The molecule has 160 valence electrons. The fourth-order valence-electron chi connectivity index (χ4n) is 3.13. The maximum atomic E-state index is 10.6. The van der Waals surface area contributed by atoms with Crippen LogP contribution in [0.3, 0.4) is 0 Å². The van der Waals surface area contributed by atoms with E-state index in [0.29, 0.717) is 0 Å². The van der Waals surface area contributed by atoms with E-state index in [2.05, 4.69) is 48.3 Å².